The van der Waals surface area contributed by atoms with Crippen molar-refractivity contribution in [1.82, 2.24) is 5.32 Å². The summed E-state index contributed by atoms with van der Waals surface area (Å²) in [7, 11) is 0. The van der Waals surface area contributed by atoms with Crippen LogP contribution in [0.2, 0.25) is 0 Å². The Morgan fingerprint density at radius 3 is 2.84 bits per heavy atom. The van der Waals surface area contributed by atoms with Crippen LogP contribution in [0.3, 0.4) is 0 Å². The largest absolute Gasteiger partial charge is 0.309 e. The highest BCUT2D eigenvalue weighted by atomic mass is 127. The number of thiophene rings is 1. The van der Waals surface area contributed by atoms with E-state index in [4.69, 9.17) is 0 Å². The van der Waals surface area contributed by atoms with Gasteiger partial charge in [-0.2, -0.15) is 0 Å². The van der Waals surface area contributed by atoms with Crippen LogP contribution >= 0.6 is 33.9 Å². The van der Waals surface area contributed by atoms with Crippen LogP contribution in [-0.2, 0) is 0 Å². The third-order valence-corrected chi connectivity index (χ3v) is 5.45. The number of hydrogen-bond donors (Lipinski definition) is 1. The molecular weight excluding hydrogens is 365 g/mol. The highest BCUT2D eigenvalue weighted by molar-refractivity contribution is 14.1. The summed E-state index contributed by atoms with van der Waals surface area (Å²) in [4.78, 5) is 2.88. The molecule has 1 N–H and O–H groups in total. The second kappa shape index (κ2) is 5.94. The van der Waals surface area contributed by atoms with Gasteiger partial charge in [-0.05, 0) is 77.7 Å². The Bertz CT molecular complexity index is 559. The molecule has 1 aliphatic rings. The van der Waals surface area contributed by atoms with Crippen molar-refractivity contribution in [1.29, 1.82) is 0 Å². The van der Waals surface area contributed by atoms with Gasteiger partial charge in [0.15, 0.2) is 0 Å². The Kier molecular flexibility index (Phi) is 4.24. The van der Waals surface area contributed by atoms with E-state index >= 15 is 0 Å². The van der Waals surface area contributed by atoms with E-state index in [1.165, 1.54) is 31.7 Å². The van der Waals surface area contributed by atoms with E-state index in [9.17, 15) is 0 Å². The molecule has 0 aliphatic heterocycles. The Balaban J connectivity index is 1.85. The van der Waals surface area contributed by atoms with Crippen LogP contribution < -0.4 is 5.32 Å². The monoisotopic (exact) mass is 383 g/mol. The molecule has 1 nitrogen and oxygen atoms in total. The average Bonchev–Trinajstić information content (AvgIpc) is 3.13. The molecule has 1 saturated carbocycles. The lowest BCUT2D eigenvalue weighted by Crippen LogP contribution is -2.21. The molecule has 1 atom stereocenters. The van der Waals surface area contributed by atoms with E-state index in [0.29, 0.717) is 6.04 Å². The van der Waals surface area contributed by atoms with E-state index < -0.39 is 0 Å². The zero-order chi connectivity index (χ0) is 13.2. The lowest BCUT2D eigenvalue weighted by atomic mass is 10.1. The van der Waals surface area contributed by atoms with Gasteiger partial charge >= 0.3 is 0 Å². The molecule has 1 heterocycles. The van der Waals surface area contributed by atoms with Gasteiger partial charge < -0.3 is 5.32 Å². The minimum atomic E-state index is 0.575. The van der Waals surface area contributed by atoms with Crippen molar-refractivity contribution in [3.8, 4) is 10.4 Å². The summed E-state index contributed by atoms with van der Waals surface area (Å²) in [5, 5.41) is 3.65. The van der Waals surface area contributed by atoms with Crippen molar-refractivity contribution in [2.75, 3.05) is 6.54 Å². The fraction of sp³-hybridized carbons (Fsp3) is 0.375. The first-order chi connectivity index (χ1) is 9.28. The maximum atomic E-state index is 3.65. The molecule has 3 rings (SSSR count). The van der Waals surface area contributed by atoms with Crippen molar-refractivity contribution in [2.45, 2.75) is 25.8 Å². The van der Waals surface area contributed by atoms with Gasteiger partial charge in [0.1, 0.15) is 0 Å². The molecular formula is C16H18INS. The maximum Gasteiger partial charge on any atom is 0.0443 e. The van der Waals surface area contributed by atoms with Gasteiger partial charge in [0.25, 0.3) is 0 Å². The highest BCUT2D eigenvalue weighted by Gasteiger charge is 2.32. The van der Waals surface area contributed by atoms with Crippen LogP contribution in [0.4, 0.5) is 0 Å². The van der Waals surface area contributed by atoms with Crippen molar-refractivity contribution in [3.05, 3.63) is 44.8 Å². The smallest absolute Gasteiger partial charge is 0.0443 e. The van der Waals surface area contributed by atoms with Crippen molar-refractivity contribution in [3.63, 3.8) is 0 Å². The molecule has 1 unspecified atom stereocenters. The predicted octanol–water partition coefficient (Wildman–Crippen LogP) is 5.08. The zero-order valence-electron chi connectivity index (χ0n) is 11.0. The number of rotatable bonds is 5. The first-order valence-corrected chi connectivity index (χ1v) is 8.76. The van der Waals surface area contributed by atoms with Crippen molar-refractivity contribution in [2.24, 2.45) is 5.92 Å². The Morgan fingerprint density at radius 1 is 1.32 bits per heavy atom. The van der Waals surface area contributed by atoms with E-state index in [0.717, 1.165) is 12.5 Å². The SMILES string of the molecule is CCNC(c1ccc(-c2cccc(I)c2)s1)C1CC1. The van der Waals surface area contributed by atoms with Crippen LogP contribution in [0.25, 0.3) is 10.4 Å². The fourth-order valence-electron chi connectivity index (χ4n) is 2.47. The standard InChI is InChI=1S/C16H18INS/c1-2-18-16(11-6-7-11)15-9-8-14(19-15)12-4-3-5-13(17)10-12/h3-5,8-11,16,18H,2,6-7H2,1H3. The van der Waals surface area contributed by atoms with Gasteiger partial charge in [0, 0.05) is 19.4 Å². The molecule has 0 spiro atoms. The summed E-state index contributed by atoms with van der Waals surface area (Å²) in [5.74, 6) is 0.863. The first-order valence-electron chi connectivity index (χ1n) is 6.87. The Hall–Kier alpha value is -0.390. The molecule has 1 aromatic carbocycles. The van der Waals surface area contributed by atoms with Gasteiger partial charge in [-0.15, -0.1) is 11.3 Å². The first kappa shape index (κ1) is 13.6. The predicted molar refractivity (Wildman–Crippen MR) is 91.6 cm³/mol. The molecule has 0 bridgehead atoms. The summed E-state index contributed by atoms with van der Waals surface area (Å²) < 4.78 is 1.30. The van der Waals surface area contributed by atoms with Gasteiger partial charge in [0.2, 0.25) is 0 Å². The van der Waals surface area contributed by atoms with E-state index in [1.54, 1.807) is 0 Å². The number of nitrogens with one attached hydrogen (secondary N) is 1. The zero-order valence-corrected chi connectivity index (χ0v) is 14.0. The van der Waals surface area contributed by atoms with E-state index in [1.807, 2.05) is 11.3 Å². The van der Waals surface area contributed by atoms with Crippen LogP contribution in [0.5, 0.6) is 0 Å². The van der Waals surface area contributed by atoms with E-state index in [2.05, 4.69) is 71.2 Å². The van der Waals surface area contributed by atoms with Crippen LogP contribution in [0.1, 0.15) is 30.7 Å². The maximum absolute atomic E-state index is 3.65. The minimum absolute atomic E-state index is 0.575. The van der Waals surface area contributed by atoms with E-state index in [-0.39, 0.29) is 0 Å². The summed E-state index contributed by atoms with van der Waals surface area (Å²) in [5.41, 5.74) is 1.34. The quantitative estimate of drug-likeness (QED) is 0.710. The Labute approximate surface area is 132 Å². The molecule has 3 heteroatoms. The van der Waals surface area contributed by atoms with Gasteiger partial charge in [-0.1, -0.05) is 19.1 Å². The van der Waals surface area contributed by atoms with Crippen molar-refractivity contribution < 1.29 is 0 Å². The molecule has 1 fully saturated rings. The summed E-state index contributed by atoms with van der Waals surface area (Å²) >= 11 is 4.32. The number of hydrogen-bond acceptors (Lipinski definition) is 2. The molecule has 0 saturated heterocycles. The van der Waals surface area contributed by atoms with Gasteiger partial charge in [0.05, 0.1) is 0 Å². The van der Waals surface area contributed by atoms with Crippen molar-refractivity contribution >= 4 is 33.9 Å². The summed E-state index contributed by atoms with van der Waals surface area (Å²) in [6, 6.07) is 13.9. The molecule has 0 amide bonds. The molecule has 100 valence electrons. The Morgan fingerprint density at radius 2 is 2.16 bits per heavy atom. The lowest BCUT2D eigenvalue weighted by Gasteiger charge is -2.15. The molecule has 0 radical (unpaired) electrons. The van der Waals surface area contributed by atoms with Gasteiger partial charge in [-0.3, -0.25) is 0 Å². The molecule has 1 aromatic heterocycles. The third-order valence-electron chi connectivity index (χ3n) is 3.56. The summed E-state index contributed by atoms with van der Waals surface area (Å²) in [6.07, 6.45) is 2.77. The topological polar surface area (TPSA) is 12.0 Å². The molecule has 2 aromatic rings. The highest BCUT2D eigenvalue weighted by Crippen LogP contribution is 2.44. The second-order valence-electron chi connectivity index (χ2n) is 5.09. The van der Waals surface area contributed by atoms with Crippen LogP contribution in [0.15, 0.2) is 36.4 Å². The normalized spacial score (nSPS) is 16.5. The number of halogens is 1. The third kappa shape index (κ3) is 3.20. The van der Waals surface area contributed by atoms with Crippen LogP contribution in [0, 0.1) is 9.49 Å². The van der Waals surface area contributed by atoms with Crippen LogP contribution in [-0.4, -0.2) is 6.54 Å². The second-order valence-corrected chi connectivity index (χ2v) is 7.45. The molecule has 1 aliphatic carbocycles. The molecule has 19 heavy (non-hydrogen) atoms. The minimum Gasteiger partial charge on any atom is -0.309 e. The summed E-state index contributed by atoms with van der Waals surface area (Å²) in [6.45, 7) is 3.25. The van der Waals surface area contributed by atoms with Gasteiger partial charge in [-0.25, -0.2) is 0 Å². The number of benzene rings is 1. The fourth-order valence-corrected chi connectivity index (χ4v) is 4.18. The average molecular weight is 383 g/mol. The lowest BCUT2D eigenvalue weighted by molar-refractivity contribution is 0.504.